The van der Waals surface area contributed by atoms with Crippen LogP contribution in [-0.2, 0) is 5.41 Å². The number of H-pyrrole nitrogens is 1. The van der Waals surface area contributed by atoms with Crippen LogP contribution in [0.5, 0.6) is 0 Å². The molecule has 3 heterocycles. The Morgan fingerprint density at radius 2 is 1.82 bits per heavy atom. The van der Waals surface area contributed by atoms with E-state index in [4.69, 9.17) is 0 Å². The highest BCUT2D eigenvalue weighted by Crippen LogP contribution is 2.25. The third kappa shape index (κ3) is 3.35. The van der Waals surface area contributed by atoms with Gasteiger partial charge in [-0.2, -0.15) is 10.2 Å². The molecule has 7 heteroatoms. The van der Waals surface area contributed by atoms with Crippen molar-refractivity contribution in [2.75, 3.05) is 13.1 Å². The smallest absolute Gasteiger partial charge is 0.274 e. The van der Waals surface area contributed by atoms with Gasteiger partial charge in [-0.05, 0) is 12.1 Å². The quantitative estimate of drug-likeness (QED) is 0.760. The average molecular weight is 377 g/mol. The lowest BCUT2D eigenvalue weighted by atomic mass is 9.92. The Labute approximate surface area is 163 Å². The molecule has 1 fully saturated rings. The molecule has 0 radical (unpaired) electrons. The molecular formula is C21H23N5O2. The van der Waals surface area contributed by atoms with Crippen LogP contribution in [0.3, 0.4) is 0 Å². The molecule has 1 N–H and O–H groups in total. The number of nitrogens with zero attached hydrogens (tertiary/aromatic N) is 4. The first-order chi connectivity index (χ1) is 13.3. The van der Waals surface area contributed by atoms with Crippen LogP contribution in [-0.4, -0.2) is 43.9 Å². The highest BCUT2D eigenvalue weighted by atomic mass is 16.2. The Bertz CT molecular complexity index is 1060. The number of carbonyl (C=O) groups excluding carboxylic acids is 1. The molecule has 1 aliphatic heterocycles. The molecule has 0 unspecified atom stereocenters. The van der Waals surface area contributed by atoms with E-state index in [9.17, 15) is 9.59 Å². The number of rotatable bonds is 3. The molecule has 1 saturated heterocycles. The van der Waals surface area contributed by atoms with Crippen LogP contribution in [0.4, 0.5) is 0 Å². The lowest BCUT2D eigenvalue weighted by Crippen LogP contribution is -2.53. The third-order valence-corrected chi connectivity index (χ3v) is 4.99. The number of carbonyl (C=O) groups is 1. The normalized spacial score (nSPS) is 14.8. The van der Waals surface area contributed by atoms with E-state index in [1.165, 1.54) is 10.7 Å². The van der Waals surface area contributed by atoms with Crippen molar-refractivity contribution in [2.45, 2.75) is 32.2 Å². The summed E-state index contributed by atoms with van der Waals surface area (Å²) in [5, 5.41) is 11.6. The number of nitrogens with one attached hydrogen (secondary N) is 1. The summed E-state index contributed by atoms with van der Waals surface area (Å²) in [7, 11) is 0. The van der Waals surface area contributed by atoms with Crippen molar-refractivity contribution in [1.29, 1.82) is 0 Å². The zero-order valence-corrected chi connectivity index (χ0v) is 16.2. The van der Waals surface area contributed by atoms with Gasteiger partial charge in [0.1, 0.15) is 5.69 Å². The fourth-order valence-electron chi connectivity index (χ4n) is 3.20. The van der Waals surface area contributed by atoms with Crippen molar-refractivity contribution in [3.63, 3.8) is 0 Å². The Morgan fingerprint density at radius 3 is 2.46 bits per heavy atom. The van der Waals surface area contributed by atoms with E-state index in [1.807, 2.05) is 30.3 Å². The zero-order chi connectivity index (χ0) is 19.9. The van der Waals surface area contributed by atoms with Gasteiger partial charge >= 0.3 is 0 Å². The van der Waals surface area contributed by atoms with Crippen LogP contribution >= 0.6 is 0 Å². The summed E-state index contributed by atoms with van der Waals surface area (Å²) >= 11 is 0. The van der Waals surface area contributed by atoms with Crippen molar-refractivity contribution in [3.8, 4) is 11.3 Å². The summed E-state index contributed by atoms with van der Waals surface area (Å²) in [6.45, 7) is 7.08. The van der Waals surface area contributed by atoms with Crippen molar-refractivity contribution < 1.29 is 4.79 Å². The van der Waals surface area contributed by atoms with Crippen molar-refractivity contribution in [3.05, 3.63) is 70.3 Å². The second-order valence-corrected chi connectivity index (χ2v) is 8.15. The first-order valence-corrected chi connectivity index (χ1v) is 9.33. The molecule has 0 saturated carbocycles. The Hall–Kier alpha value is -3.22. The van der Waals surface area contributed by atoms with E-state index in [-0.39, 0.29) is 22.9 Å². The SMILES string of the molecule is CC(C)(C)c1cc(C(=O)N2CC(n3nc(-c4ccccc4)ccc3=O)C2)n[nH]1. The number of likely N-dealkylation sites (tertiary alicyclic amines) is 1. The van der Waals surface area contributed by atoms with Crippen LogP contribution in [0.15, 0.2) is 53.3 Å². The molecule has 2 aromatic heterocycles. The minimum absolute atomic E-state index is 0.0991. The highest BCUT2D eigenvalue weighted by Gasteiger charge is 2.35. The molecule has 0 bridgehead atoms. The van der Waals surface area contributed by atoms with Gasteiger partial charge in [0.2, 0.25) is 0 Å². The topological polar surface area (TPSA) is 83.9 Å². The minimum atomic E-state index is -0.161. The van der Waals surface area contributed by atoms with Crippen LogP contribution in [0.1, 0.15) is 43.0 Å². The van der Waals surface area contributed by atoms with Crippen LogP contribution in [0.25, 0.3) is 11.3 Å². The number of hydrogen-bond donors (Lipinski definition) is 1. The van der Waals surface area contributed by atoms with Gasteiger partial charge in [0.15, 0.2) is 0 Å². The van der Waals surface area contributed by atoms with Crippen molar-refractivity contribution in [2.24, 2.45) is 0 Å². The van der Waals surface area contributed by atoms with Gasteiger partial charge in [-0.3, -0.25) is 14.7 Å². The first-order valence-electron chi connectivity index (χ1n) is 9.33. The lowest BCUT2D eigenvalue weighted by molar-refractivity contribution is 0.0487. The minimum Gasteiger partial charge on any atom is -0.333 e. The zero-order valence-electron chi connectivity index (χ0n) is 16.2. The molecule has 1 aromatic carbocycles. The monoisotopic (exact) mass is 377 g/mol. The summed E-state index contributed by atoms with van der Waals surface area (Å²) in [4.78, 5) is 26.6. The molecule has 1 amide bonds. The summed E-state index contributed by atoms with van der Waals surface area (Å²) in [5.41, 5.74) is 2.76. The van der Waals surface area contributed by atoms with E-state index in [2.05, 4.69) is 36.1 Å². The van der Waals surface area contributed by atoms with Crippen LogP contribution in [0.2, 0.25) is 0 Å². The van der Waals surface area contributed by atoms with Gasteiger partial charge in [-0.1, -0.05) is 51.1 Å². The molecule has 4 rings (SSSR count). The molecule has 0 atom stereocenters. The number of hydrogen-bond acceptors (Lipinski definition) is 4. The predicted molar refractivity (Wildman–Crippen MR) is 106 cm³/mol. The molecular weight excluding hydrogens is 354 g/mol. The maximum atomic E-state index is 12.7. The molecule has 144 valence electrons. The fourth-order valence-corrected chi connectivity index (χ4v) is 3.20. The van der Waals surface area contributed by atoms with Gasteiger partial charge in [0.25, 0.3) is 11.5 Å². The van der Waals surface area contributed by atoms with Crippen molar-refractivity contribution >= 4 is 5.91 Å². The van der Waals surface area contributed by atoms with E-state index < -0.39 is 0 Å². The summed E-state index contributed by atoms with van der Waals surface area (Å²) < 4.78 is 1.48. The van der Waals surface area contributed by atoms with Gasteiger partial charge in [0.05, 0.1) is 11.7 Å². The van der Waals surface area contributed by atoms with E-state index >= 15 is 0 Å². The molecule has 0 aliphatic carbocycles. The molecule has 28 heavy (non-hydrogen) atoms. The fraction of sp³-hybridized carbons (Fsp3) is 0.333. The Morgan fingerprint density at radius 1 is 1.11 bits per heavy atom. The molecule has 1 aliphatic rings. The number of benzene rings is 1. The predicted octanol–water partition coefficient (Wildman–Crippen LogP) is 2.63. The Balaban J connectivity index is 1.49. The van der Waals surface area contributed by atoms with Gasteiger partial charge in [-0.25, -0.2) is 4.68 Å². The molecule has 0 spiro atoms. The first kappa shape index (κ1) is 18.2. The van der Waals surface area contributed by atoms with Gasteiger partial charge in [-0.15, -0.1) is 0 Å². The summed E-state index contributed by atoms with van der Waals surface area (Å²) in [6, 6.07) is 14.7. The van der Waals surface area contributed by atoms with Gasteiger partial charge in [0, 0.05) is 35.8 Å². The second kappa shape index (κ2) is 6.74. The highest BCUT2D eigenvalue weighted by molar-refractivity contribution is 5.93. The number of amides is 1. The summed E-state index contributed by atoms with van der Waals surface area (Å²) in [6.07, 6.45) is 0. The van der Waals surface area contributed by atoms with E-state index in [0.29, 0.717) is 18.8 Å². The van der Waals surface area contributed by atoms with Crippen molar-refractivity contribution in [1.82, 2.24) is 24.9 Å². The number of aromatic amines is 1. The van der Waals surface area contributed by atoms with Gasteiger partial charge < -0.3 is 4.90 Å². The largest absolute Gasteiger partial charge is 0.333 e. The maximum Gasteiger partial charge on any atom is 0.274 e. The van der Waals surface area contributed by atoms with E-state index in [0.717, 1.165) is 17.0 Å². The lowest BCUT2D eigenvalue weighted by Gasteiger charge is -2.38. The molecule has 7 nitrogen and oxygen atoms in total. The van der Waals surface area contributed by atoms with E-state index in [1.54, 1.807) is 17.0 Å². The third-order valence-electron chi connectivity index (χ3n) is 4.99. The van der Waals surface area contributed by atoms with Crippen LogP contribution in [0, 0.1) is 0 Å². The standard InChI is InChI=1S/C21H23N5O2/c1-21(2,3)18-11-17(22-23-18)20(28)25-12-15(13-25)26-19(27)10-9-16(24-26)14-7-5-4-6-8-14/h4-11,15H,12-13H2,1-3H3,(H,22,23). The molecule has 3 aromatic rings. The maximum absolute atomic E-state index is 12.7. The van der Waals surface area contributed by atoms with Crippen LogP contribution < -0.4 is 5.56 Å². The Kier molecular flexibility index (Phi) is 4.37. The number of aromatic nitrogens is 4. The second-order valence-electron chi connectivity index (χ2n) is 8.15. The summed E-state index contributed by atoms with van der Waals surface area (Å²) in [5.74, 6) is -0.129. The average Bonchev–Trinajstić information content (AvgIpc) is 3.13.